The summed E-state index contributed by atoms with van der Waals surface area (Å²) in [6.07, 6.45) is 4.31. The molecule has 124 valence electrons. The van der Waals surface area contributed by atoms with Crippen molar-refractivity contribution < 1.29 is 13.9 Å². The van der Waals surface area contributed by atoms with Gasteiger partial charge in [-0.15, -0.1) is 0 Å². The van der Waals surface area contributed by atoms with Crippen molar-refractivity contribution in [2.75, 3.05) is 32.8 Å². The van der Waals surface area contributed by atoms with E-state index in [9.17, 15) is 4.39 Å². The largest absolute Gasteiger partial charge is 0.494 e. The van der Waals surface area contributed by atoms with Gasteiger partial charge in [0.2, 0.25) is 0 Å². The minimum Gasteiger partial charge on any atom is -0.494 e. The Labute approximate surface area is 134 Å². The summed E-state index contributed by atoms with van der Waals surface area (Å²) in [5.41, 5.74) is 0. The highest BCUT2D eigenvalue weighted by Crippen LogP contribution is 2.12. The second-order valence-corrected chi connectivity index (χ2v) is 5.57. The van der Waals surface area contributed by atoms with Crippen molar-refractivity contribution in [2.45, 2.75) is 19.1 Å². The van der Waals surface area contributed by atoms with Crippen molar-refractivity contribution >= 4 is 0 Å². The Morgan fingerprint density at radius 1 is 1.30 bits per heavy atom. The average molecular weight is 320 g/mol. The summed E-state index contributed by atoms with van der Waals surface area (Å²) in [6.45, 7) is 4.86. The van der Waals surface area contributed by atoms with Crippen LogP contribution in [0.25, 0.3) is 0 Å². The predicted molar refractivity (Wildman–Crippen MR) is 82.7 cm³/mol. The fourth-order valence-electron chi connectivity index (χ4n) is 2.64. The standard InChI is InChI=1S/C16H21FN4O2/c17-14-2-4-15(5-3-14)22-8-1-6-20-7-9-23-16(10-20)11-21-13-18-12-19-21/h2-5,12-13,16H,1,6-11H2/t16-/m0/s1. The van der Waals surface area contributed by atoms with E-state index in [0.29, 0.717) is 12.4 Å². The van der Waals surface area contributed by atoms with Gasteiger partial charge in [-0.25, -0.2) is 9.37 Å². The van der Waals surface area contributed by atoms with Gasteiger partial charge in [0.1, 0.15) is 24.2 Å². The van der Waals surface area contributed by atoms with E-state index < -0.39 is 0 Å². The number of aromatic nitrogens is 3. The molecule has 2 heterocycles. The topological polar surface area (TPSA) is 52.4 Å². The summed E-state index contributed by atoms with van der Waals surface area (Å²) < 4.78 is 26.0. The van der Waals surface area contributed by atoms with Crippen LogP contribution in [-0.4, -0.2) is 58.6 Å². The van der Waals surface area contributed by atoms with Crippen LogP contribution >= 0.6 is 0 Å². The highest BCUT2D eigenvalue weighted by Gasteiger charge is 2.20. The maximum Gasteiger partial charge on any atom is 0.137 e. The molecule has 0 radical (unpaired) electrons. The van der Waals surface area contributed by atoms with Gasteiger partial charge in [0.15, 0.2) is 0 Å². The van der Waals surface area contributed by atoms with E-state index in [2.05, 4.69) is 15.0 Å². The van der Waals surface area contributed by atoms with Crippen LogP contribution in [0.3, 0.4) is 0 Å². The van der Waals surface area contributed by atoms with Crippen molar-refractivity contribution in [3.8, 4) is 5.75 Å². The molecule has 0 unspecified atom stereocenters. The number of hydrogen-bond acceptors (Lipinski definition) is 5. The van der Waals surface area contributed by atoms with Gasteiger partial charge in [0.05, 0.1) is 25.9 Å². The molecule has 0 aliphatic carbocycles. The van der Waals surface area contributed by atoms with Gasteiger partial charge in [-0.05, 0) is 30.7 Å². The molecule has 0 amide bonds. The van der Waals surface area contributed by atoms with Crippen LogP contribution in [-0.2, 0) is 11.3 Å². The van der Waals surface area contributed by atoms with E-state index >= 15 is 0 Å². The lowest BCUT2D eigenvalue weighted by molar-refractivity contribution is -0.0384. The number of ether oxygens (including phenoxy) is 2. The fraction of sp³-hybridized carbons (Fsp3) is 0.500. The van der Waals surface area contributed by atoms with Crippen LogP contribution in [0.4, 0.5) is 4.39 Å². The molecule has 1 fully saturated rings. The Hall–Kier alpha value is -1.99. The van der Waals surface area contributed by atoms with Crippen LogP contribution in [0.2, 0.25) is 0 Å². The Balaban J connectivity index is 1.35. The highest BCUT2D eigenvalue weighted by atomic mass is 19.1. The molecule has 1 saturated heterocycles. The fourth-order valence-corrected chi connectivity index (χ4v) is 2.64. The zero-order chi connectivity index (χ0) is 15.9. The van der Waals surface area contributed by atoms with E-state index in [1.165, 1.54) is 18.5 Å². The molecule has 0 N–H and O–H groups in total. The zero-order valence-corrected chi connectivity index (χ0v) is 13.0. The summed E-state index contributed by atoms with van der Waals surface area (Å²) in [6, 6.07) is 6.12. The molecule has 3 rings (SSSR count). The lowest BCUT2D eigenvalue weighted by Crippen LogP contribution is -2.44. The SMILES string of the molecule is Fc1ccc(OCCCN2CCO[C@H](Cn3cncn3)C2)cc1. The number of benzene rings is 1. The van der Waals surface area contributed by atoms with E-state index in [1.54, 1.807) is 23.1 Å². The molecule has 6 nitrogen and oxygen atoms in total. The van der Waals surface area contributed by atoms with E-state index in [-0.39, 0.29) is 11.9 Å². The Morgan fingerprint density at radius 3 is 2.96 bits per heavy atom. The molecular formula is C16H21FN4O2. The molecular weight excluding hydrogens is 299 g/mol. The van der Waals surface area contributed by atoms with Gasteiger partial charge in [0, 0.05) is 19.6 Å². The van der Waals surface area contributed by atoms with Crippen molar-refractivity contribution in [3.63, 3.8) is 0 Å². The smallest absolute Gasteiger partial charge is 0.137 e. The third kappa shape index (κ3) is 5.01. The number of nitrogens with zero attached hydrogens (tertiary/aromatic N) is 4. The third-order valence-corrected chi connectivity index (χ3v) is 3.78. The Bertz CT molecular complexity index is 576. The average Bonchev–Trinajstić information content (AvgIpc) is 3.07. The maximum atomic E-state index is 12.8. The minimum atomic E-state index is -0.246. The molecule has 0 spiro atoms. The number of morpholine rings is 1. The molecule has 1 aliphatic rings. The maximum absolute atomic E-state index is 12.8. The molecule has 1 aromatic heterocycles. The molecule has 2 aromatic rings. The summed E-state index contributed by atoms with van der Waals surface area (Å²) in [4.78, 5) is 6.32. The second kappa shape index (κ2) is 8.03. The predicted octanol–water partition coefficient (Wildman–Crippen LogP) is 1.59. The molecule has 0 bridgehead atoms. The zero-order valence-electron chi connectivity index (χ0n) is 13.0. The lowest BCUT2D eigenvalue weighted by atomic mass is 10.2. The van der Waals surface area contributed by atoms with Crippen LogP contribution in [0.15, 0.2) is 36.9 Å². The summed E-state index contributed by atoms with van der Waals surface area (Å²) in [5, 5.41) is 4.11. The number of rotatable bonds is 7. The first-order valence-corrected chi connectivity index (χ1v) is 7.84. The summed E-state index contributed by atoms with van der Waals surface area (Å²) in [5.74, 6) is 0.460. The Morgan fingerprint density at radius 2 is 2.17 bits per heavy atom. The molecule has 1 atom stereocenters. The normalized spacial score (nSPS) is 18.9. The lowest BCUT2D eigenvalue weighted by Gasteiger charge is -2.32. The van der Waals surface area contributed by atoms with E-state index in [4.69, 9.17) is 9.47 Å². The van der Waals surface area contributed by atoms with Crippen LogP contribution in [0.5, 0.6) is 5.75 Å². The van der Waals surface area contributed by atoms with Gasteiger partial charge < -0.3 is 9.47 Å². The first-order chi connectivity index (χ1) is 11.3. The van der Waals surface area contributed by atoms with Gasteiger partial charge in [-0.2, -0.15) is 5.10 Å². The molecule has 7 heteroatoms. The van der Waals surface area contributed by atoms with Gasteiger partial charge >= 0.3 is 0 Å². The van der Waals surface area contributed by atoms with Crippen LogP contribution in [0, 0.1) is 5.82 Å². The molecule has 1 aromatic carbocycles. The molecule has 23 heavy (non-hydrogen) atoms. The first-order valence-electron chi connectivity index (χ1n) is 7.84. The van der Waals surface area contributed by atoms with Crippen molar-refractivity contribution in [2.24, 2.45) is 0 Å². The van der Waals surface area contributed by atoms with Gasteiger partial charge in [0.25, 0.3) is 0 Å². The van der Waals surface area contributed by atoms with Crippen molar-refractivity contribution in [3.05, 3.63) is 42.7 Å². The third-order valence-electron chi connectivity index (χ3n) is 3.78. The van der Waals surface area contributed by atoms with Gasteiger partial charge in [-0.3, -0.25) is 9.58 Å². The Kier molecular flexibility index (Phi) is 5.55. The second-order valence-electron chi connectivity index (χ2n) is 5.57. The van der Waals surface area contributed by atoms with E-state index in [0.717, 1.165) is 39.2 Å². The molecule has 0 saturated carbocycles. The minimum absolute atomic E-state index is 0.142. The number of hydrogen-bond donors (Lipinski definition) is 0. The number of halogens is 1. The van der Waals surface area contributed by atoms with Crippen LogP contribution < -0.4 is 4.74 Å². The quantitative estimate of drug-likeness (QED) is 0.725. The summed E-state index contributed by atoms with van der Waals surface area (Å²) in [7, 11) is 0. The molecule has 1 aliphatic heterocycles. The highest BCUT2D eigenvalue weighted by molar-refractivity contribution is 5.21. The van der Waals surface area contributed by atoms with Crippen LogP contribution in [0.1, 0.15) is 6.42 Å². The first kappa shape index (κ1) is 15.9. The monoisotopic (exact) mass is 320 g/mol. The summed E-state index contributed by atoms with van der Waals surface area (Å²) >= 11 is 0. The van der Waals surface area contributed by atoms with Gasteiger partial charge in [-0.1, -0.05) is 0 Å². The van der Waals surface area contributed by atoms with E-state index in [1.807, 2.05) is 0 Å². The van der Waals surface area contributed by atoms with Crippen molar-refractivity contribution in [1.82, 2.24) is 19.7 Å². The van der Waals surface area contributed by atoms with Crippen molar-refractivity contribution in [1.29, 1.82) is 0 Å².